The van der Waals surface area contributed by atoms with E-state index in [1.807, 2.05) is 0 Å². The van der Waals surface area contributed by atoms with Crippen molar-refractivity contribution in [1.82, 2.24) is 14.9 Å². The molecule has 2 rings (SSSR count). The summed E-state index contributed by atoms with van der Waals surface area (Å²) in [6.45, 7) is 4.99. The van der Waals surface area contributed by atoms with Gasteiger partial charge in [0.05, 0.1) is 0 Å². The Balaban J connectivity index is 2.17. The summed E-state index contributed by atoms with van der Waals surface area (Å²) in [6, 6.07) is 0.606. The monoisotopic (exact) mass is 313 g/mol. The van der Waals surface area contributed by atoms with Crippen LogP contribution in [-0.4, -0.2) is 54.6 Å². The van der Waals surface area contributed by atoms with E-state index in [4.69, 9.17) is 0 Å². The van der Waals surface area contributed by atoms with Crippen molar-refractivity contribution in [1.29, 1.82) is 0 Å². The molecule has 5 nitrogen and oxygen atoms in total. The molecule has 0 saturated carbocycles. The number of nitrogens with one attached hydrogen (secondary N) is 1. The number of hydrogen-bond acceptors (Lipinski definition) is 5. The highest BCUT2D eigenvalue weighted by molar-refractivity contribution is 9.10. The van der Waals surface area contributed by atoms with Gasteiger partial charge in [0.25, 0.3) is 0 Å². The van der Waals surface area contributed by atoms with Gasteiger partial charge in [-0.15, -0.1) is 0 Å². The van der Waals surface area contributed by atoms with Gasteiger partial charge in [0.15, 0.2) is 0 Å². The van der Waals surface area contributed by atoms with Crippen LogP contribution in [0.3, 0.4) is 0 Å². The van der Waals surface area contributed by atoms with Crippen LogP contribution in [0, 0.1) is 0 Å². The Kier molecular flexibility index (Phi) is 4.40. The van der Waals surface area contributed by atoms with Crippen LogP contribution in [0.5, 0.6) is 0 Å². The van der Waals surface area contributed by atoms with Crippen LogP contribution >= 0.6 is 15.9 Å². The van der Waals surface area contributed by atoms with E-state index in [1.54, 1.807) is 6.33 Å². The fourth-order valence-electron chi connectivity index (χ4n) is 2.23. The number of nitrogens with zero attached hydrogens (tertiary/aromatic N) is 4. The summed E-state index contributed by atoms with van der Waals surface area (Å²) in [6.07, 6.45) is 2.81. The second-order valence-electron chi connectivity index (χ2n) is 4.74. The first-order valence-corrected chi connectivity index (χ1v) is 7.08. The van der Waals surface area contributed by atoms with Crippen LogP contribution in [0.4, 0.5) is 11.6 Å². The van der Waals surface area contributed by atoms with E-state index in [0.29, 0.717) is 6.04 Å². The van der Waals surface area contributed by atoms with Gasteiger partial charge in [0.1, 0.15) is 22.4 Å². The first kappa shape index (κ1) is 13.5. The van der Waals surface area contributed by atoms with Crippen LogP contribution < -0.4 is 10.2 Å². The predicted octanol–water partition coefficient (Wildman–Crippen LogP) is 1.81. The lowest BCUT2D eigenvalue weighted by atomic mass is 10.2. The highest BCUT2D eigenvalue weighted by Crippen LogP contribution is 2.31. The summed E-state index contributed by atoms with van der Waals surface area (Å²) in [7, 11) is 4.26. The van der Waals surface area contributed by atoms with E-state index in [0.717, 1.165) is 35.7 Å². The van der Waals surface area contributed by atoms with Gasteiger partial charge < -0.3 is 15.1 Å². The largest absolute Gasteiger partial charge is 0.369 e. The summed E-state index contributed by atoms with van der Waals surface area (Å²) < 4.78 is 0.964. The van der Waals surface area contributed by atoms with Gasteiger partial charge in [-0.25, -0.2) is 9.97 Å². The number of rotatable bonds is 4. The zero-order chi connectivity index (χ0) is 13.1. The smallest absolute Gasteiger partial charge is 0.148 e. The van der Waals surface area contributed by atoms with Crippen LogP contribution in [0.1, 0.15) is 13.3 Å². The Hall–Kier alpha value is -0.880. The van der Waals surface area contributed by atoms with Crippen molar-refractivity contribution >= 4 is 27.6 Å². The molecule has 100 valence electrons. The molecule has 1 aromatic rings. The SMILES string of the molecule is CCNc1ncnc(N2CCC(N(C)C)C2)c1Br. The number of hydrogen-bond donors (Lipinski definition) is 1. The maximum absolute atomic E-state index is 4.41. The second-order valence-corrected chi connectivity index (χ2v) is 5.54. The number of likely N-dealkylation sites (N-methyl/N-ethyl adjacent to an activating group) is 1. The van der Waals surface area contributed by atoms with Crippen molar-refractivity contribution in [2.75, 3.05) is 43.9 Å². The van der Waals surface area contributed by atoms with Gasteiger partial charge in [0.2, 0.25) is 0 Å². The van der Waals surface area contributed by atoms with E-state index >= 15 is 0 Å². The third kappa shape index (κ3) is 2.75. The maximum Gasteiger partial charge on any atom is 0.148 e. The fourth-order valence-corrected chi connectivity index (χ4v) is 2.82. The Morgan fingerprint density at radius 3 is 2.89 bits per heavy atom. The quantitative estimate of drug-likeness (QED) is 0.918. The van der Waals surface area contributed by atoms with Gasteiger partial charge in [0, 0.05) is 25.7 Å². The summed E-state index contributed by atoms with van der Waals surface area (Å²) in [5, 5.41) is 3.24. The highest BCUT2D eigenvalue weighted by atomic mass is 79.9. The van der Waals surface area contributed by atoms with E-state index in [1.165, 1.54) is 6.42 Å². The van der Waals surface area contributed by atoms with E-state index in [2.05, 4.69) is 62.0 Å². The topological polar surface area (TPSA) is 44.3 Å². The average molecular weight is 314 g/mol. The zero-order valence-corrected chi connectivity index (χ0v) is 12.7. The molecule has 0 spiro atoms. The normalized spacial score (nSPS) is 19.6. The molecule has 0 aromatic carbocycles. The Morgan fingerprint density at radius 1 is 1.50 bits per heavy atom. The van der Waals surface area contributed by atoms with Crippen LogP contribution in [-0.2, 0) is 0 Å². The van der Waals surface area contributed by atoms with Crippen molar-refractivity contribution < 1.29 is 0 Å². The predicted molar refractivity (Wildman–Crippen MR) is 78.2 cm³/mol. The number of anilines is 2. The summed E-state index contributed by atoms with van der Waals surface area (Å²) in [5.74, 6) is 1.86. The van der Waals surface area contributed by atoms with Crippen molar-refractivity contribution in [2.24, 2.45) is 0 Å². The lowest BCUT2D eigenvalue weighted by Crippen LogP contribution is -2.31. The van der Waals surface area contributed by atoms with Crippen molar-refractivity contribution in [2.45, 2.75) is 19.4 Å². The molecule has 1 fully saturated rings. The molecular formula is C12H20BrN5. The summed E-state index contributed by atoms with van der Waals surface area (Å²) >= 11 is 3.61. The minimum Gasteiger partial charge on any atom is -0.369 e. The Morgan fingerprint density at radius 2 is 2.28 bits per heavy atom. The summed E-state index contributed by atoms with van der Waals surface area (Å²) in [5.41, 5.74) is 0. The molecule has 0 radical (unpaired) electrons. The number of aromatic nitrogens is 2. The van der Waals surface area contributed by atoms with Crippen LogP contribution in [0.25, 0.3) is 0 Å². The lowest BCUT2D eigenvalue weighted by Gasteiger charge is -2.22. The van der Waals surface area contributed by atoms with Gasteiger partial charge >= 0.3 is 0 Å². The Labute approximate surface area is 117 Å². The molecule has 1 unspecified atom stereocenters. The molecule has 1 atom stereocenters. The molecule has 18 heavy (non-hydrogen) atoms. The molecule has 6 heteroatoms. The van der Waals surface area contributed by atoms with Gasteiger partial charge in [-0.3, -0.25) is 0 Å². The molecule has 1 aliphatic heterocycles. The highest BCUT2D eigenvalue weighted by Gasteiger charge is 2.26. The molecular weight excluding hydrogens is 294 g/mol. The molecule has 2 heterocycles. The molecule has 0 aliphatic carbocycles. The molecule has 1 aromatic heterocycles. The van der Waals surface area contributed by atoms with Crippen LogP contribution in [0.15, 0.2) is 10.8 Å². The molecule has 1 saturated heterocycles. The van der Waals surface area contributed by atoms with Crippen LogP contribution in [0.2, 0.25) is 0 Å². The third-order valence-corrected chi connectivity index (χ3v) is 4.04. The van der Waals surface area contributed by atoms with E-state index < -0.39 is 0 Å². The van der Waals surface area contributed by atoms with E-state index in [-0.39, 0.29) is 0 Å². The average Bonchev–Trinajstić information content (AvgIpc) is 2.81. The standard InChI is InChI=1S/C12H20BrN5/c1-4-14-11-10(13)12(16-8-15-11)18-6-5-9(7-18)17(2)3/h8-9H,4-7H2,1-3H3,(H,14,15,16). The third-order valence-electron chi connectivity index (χ3n) is 3.31. The molecule has 1 N–H and O–H groups in total. The maximum atomic E-state index is 4.41. The molecule has 0 bridgehead atoms. The minimum absolute atomic E-state index is 0.606. The molecule has 0 amide bonds. The Bertz CT molecular complexity index is 409. The van der Waals surface area contributed by atoms with E-state index in [9.17, 15) is 0 Å². The lowest BCUT2D eigenvalue weighted by molar-refractivity contribution is 0.315. The van der Waals surface area contributed by atoms with Crippen molar-refractivity contribution in [3.8, 4) is 0 Å². The van der Waals surface area contributed by atoms with Gasteiger partial charge in [-0.2, -0.15) is 0 Å². The minimum atomic E-state index is 0.606. The second kappa shape index (κ2) is 5.84. The van der Waals surface area contributed by atoms with Crippen molar-refractivity contribution in [3.63, 3.8) is 0 Å². The van der Waals surface area contributed by atoms with Gasteiger partial charge in [-0.05, 0) is 43.4 Å². The van der Waals surface area contributed by atoms with Gasteiger partial charge in [-0.1, -0.05) is 0 Å². The number of halogens is 1. The first-order chi connectivity index (χ1) is 8.63. The summed E-state index contributed by atoms with van der Waals surface area (Å²) in [4.78, 5) is 13.2. The first-order valence-electron chi connectivity index (χ1n) is 6.29. The molecule has 1 aliphatic rings. The zero-order valence-electron chi connectivity index (χ0n) is 11.1. The fraction of sp³-hybridized carbons (Fsp3) is 0.667. The van der Waals surface area contributed by atoms with Crippen molar-refractivity contribution in [3.05, 3.63) is 10.8 Å².